The standard InChI is InChI=1S/C20H27ClO3/c1-18(2)11-14-9-15(21)10-16(17(14)24-18)23-13-20-6-3-19(12-22,4-7-20)5-8-20/h9-10,22H,3-8,11-13H2,1-2H3. The van der Waals surface area contributed by atoms with Crippen molar-refractivity contribution in [2.24, 2.45) is 10.8 Å². The maximum atomic E-state index is 9.68. The molecular weight excluding hydrogens is 324 g/mol. The van der Waals surface area contributed by atoms with Crippen LogP contribution in [0, 0.1) is 10.8 Å². The van der Waals surface area contributed by atoms with Crippen molar-refractivity contribution >= 4 is 11.6 Å². The Morgan fingerprint density at radius 3 is 2.33 bits per heavy atom. The Balaban J connectivity index is 1.50. The van der Waals surface area contributed by atoms with E-state index in [9.17, 15) is 5.11 Å². The van der Waals surface area contributed by atoms with Crippen molar-refractivity contribution in [3.63, 3.8) is 0 Å². The number of benzene rings is 1. The van der Waals surface area contributed by atoms with Crippen molar-refractivity contribution in [3.05, 3.63) is 22.7 Å². The quantitative estimate of drug-likeness (QED) is 0.850. The third-order valence-corrected chi connectivity index (χ3v) is 6.74. The summed E-state index contributed by atoms with van der Waals surface area (Å²) in [6.07, 6.45) is 7.72. The molecule has 0 unspecified atom stereocenters. The summed E-state index contributed by atoms with van der Waals surface area (Å²) in [4.78, 5) is 0. The van der Waals surface area contributed by atoms with E-state index in [1.165, 1.54) is 0 Å². The van der Waals surface area contributed by atoms with Crippen LogP contribution in [0.1, 0.15) is 57.9 Å². The molecule has 4 heteroatoms. The number of aliphatic hydroxyl groups excluding tert-OH is 1. The van der Waals surface area contributed by atoms with Crippen LogP contribution in [0.15, 0.2) is 12.1 Å². The van der Waals surface area contributed by atoms with Gasteiger partial charge in [-0.2, -0.15) is 0 Å². The number of hydrogen-bond acceptors (Lipinski definition) is 3. The first-order valence-corrected chi connectivity index (χ1v) is 9.47. The van der Waals surface area contributed by atoms with E-state index in [1.54, 1.807) is 0 Å². The van der Waals surface area contributed by atoms with Gasteiger partial charge in [0.1, 0.15) is 5.60 Å². The van der Waals surface area contributed by atoms with E-state index >= 15 is 0 Å². The highest BCUT2D eigenvalue weighted by molar-refractivity contribution is 6.30. The van der Waals surface area contributed by atoms with Gasteiger partial charge >= 0.3 is 0 Å². The zero-order chi connectivity index (χ0) is 17.0. The lowest BCUT2D eigenvalue weighted by Gasteiger charge is -2.52. The lowest BCUT2D eigenvalue weighted by Crippen LogP contribution is -2.46. The first-order valence-electron chi connectivity index (χ1n) is 9.10. The molecule has 0 aromatic heterocycles. The normalized spacial score (nSPS) is 33.2. The number of ether oxygens (including phenoxy) is 2. The predicted molar refractivity (Wildman–Crippen MR) is 95.0 cm³/mol. The molecule has 1 heterocycles. The lowest BCUT2D eigenvalue weighted by atomic mass is 9.54. The molecule has 1 aromatic rings. The van der Waals surface area contributed by atoms with Crippen LogP contribution in [-0.4, -0.2) is 23.9 Å². The number of rotatable bonds is 4. The Bertz CT molecular complexity index is 628. The third kappa shape index (κ3) is 2.80. The van der Waals surface area contributed by atoms with Crippen molar-refractivity contribution in [1.82, 2.24) is 0 Å². The Hall–Kier alpha value is -0.930. The summed E-state index contributed by atoms with van der Waals surface area (Å²) in [5.41, 5.74) is 1.42. The highest BCUT2D eigenvalue weighted by atomic mass is 35.5. The van der Waals surface area contributed by atoms with Crippen molar-refractivity contribution < 1.29 is 14.6 Å². The predicted octanol–water partition coefficient (Wildman–Crippen LogP) is 4.77. The van der Waals surface area contributed by atoms with Crippen LogP contribution >= 0.6 is 11.6 Å². The second-order valence-corrected chi connectivity index (χ2v) is 9.31. The molecule has 3 aliphatic carbocycles. The molecule has 132 valence electrons. The Morgan fingerprint density at radius 1 is 1.08 bits per heavy atom. The maximum absolute atomic E-state index is 9.68. The minimum atomic E-state index is -0.195. The van der Waals surface area contributed by atoms with Crippen LogP contribution in [0.5, 0.6) is 11.5 Å². The van der Waals surface area contributed by atoms with Gasteiger partial charge in [-0.05, 0) is 63.9 Å². The molecule has 1 aliphatic heterocycles. The summed E-state index contributed by atoms with van der Waals surface area (Å²) in [5.74, 6) is 1.67. The summed E-state index contributed by atoms with van der Waals surface area (Å²) >= 11 is 6.29. The fourth-order valence-electron chi connectivity index (χ4n) is 4.77. The number of halogens is 1. The van der Waals surface area contributed by atoms with Crippen LogP contribution in [0.4, 0.5) is 0 Å². The zero-order valence-corrected chi connectivity index (χ0v) is 15.4. The van der Waals surface area contributed by atoms with E-state index in [2.05, 4.69) is 13.8 Å². The van der Waals surface area contributed by atoms with E-state index in [4.69, 9.17) is 21.1 Å². The Morgan fingerprint density at radius 2 is 1.71 bits per heavy atom. The highest BCUT2D eigenvalue weighted by Gasteiger charge is 2.48. The monoisotopic (exact) mass is 350 g/mol. The smallest absolute Gasteiger partial charge is 0.165 e. The van der Waals surface area contributed by atoms with E-state index in [-0.39, 0.29) is 16.4 Å². The van der Waals surface area contributed by atoms with E-state index in [0.717, 1.165) is 68.6 Å². The van der Waals surface area contributed by atoms with Crippen molar-refractivity contribution in [3.8, 4) is 11.5 Å². The molecule has 3 saturated carbocycles. The summed E-state index contributed by atoms with van der Waals surface area (Å²) < 4.78 is 12.4. The SMILES string of the molecule is CC1(C)Cc2cc(Cl)cc(OCC34CCC(CO)(CC3)CC4)c2O1. The minimum Gasteiger partial charge on any atom is -0.489 e. The number of fused-ring (bicyclic) bond motifs is 4. The molecule has 0 spiro atoms. The topological polar surface area (TPSA) is 38.7 Å². The fraction of sp³-hybridized carbons (Fsp3) is 0.700. The molecule has 5 rings (SSSR count). The second-order valence-electron chi connectivity index (χ2n) is 8.88. The molecule has 1 aromatic carbocycles. The molecule has 2 bridgehead atoms. The van der Waals surface area contributed by atoms with Crippen LogP contribution in [0.25, 0.3) is 0 Å². The fourth-order valence-corrected chi connectivity index (χ4v) is 5.00. The maximum Gasteiger partial charge on any atom is 0.165 e. The van der Waals surface area contributed by atoms with Crippen LogP contribution in [0.2, 0.25) is 5.02 Å². The van der Waals surface area contributed by atoms with Gasteiger partial charge in [-0.15, -0.1) is 0 Å². The molecule has 0 saturated heterocycles. The lowest BCUT2D eigenvalue weighted by molar-refractivity contribution is -0.0614. The molecular formula is C20H27ClO3. The summed E-state index contributed by atoms with van der Waals surface area (Å²) in [6.45, 7) is 5.26. The molecule has 3 fully saturated rings. The molecule has 4 aliphatic rings. The highest BCUT2D eigenvalue weighted by Crippen LogP contribution is 2.57. The minimum absolute atomic E-state index is 0.195. The van der Waals surface area contributed by atoms with Crippen molar-refractivity contribution in [1.29, 1.82) is 0 Å². The Labute approximate surface area is 149 Å². The van der Waals surface area contributed by atoms with Gasteiger partial charge in [0, 0.05) is 35.1 Å². The molecule has 1 N–H and O–H groups in total. The molecule has 0 amide bonds. The third-order valence-electron chi connectivity index (χ3n) is 6.52. The Kier molecular flexibility index (Phi) is 3.81. The van der Waals surface area contributed by atoms with Gasteiger partial charge in [0.15, 0.2) is 11.5 Å². The van der Waals surface area contributed by atoms with Crippen LogP contribution < -0.4 is 9.47 Å². The van der Waals surface area contributed by atoms with Gasteiger partial charge in [-0.25, -0.2) is 0 Å². The zero-order valence-electron chi connectivity index (χ0n) is 14.7. The molecule has 3 nitrogen and oxygen atoms in total. The van der Waals surface area contributed by atoms with Gasteiger partial charge in [-0.1, -0.05) is 11.6 Å². The first-order chi connectivity index (χ1) is 11.3. The van der Waals surface area contributed by atoms with Gasteiger partial charge in [0.05, 0.1) is 6.61 Å². The van der Waals surface area contributed by atoms with Gasteiger partial charge in [0.2, 0.25) is 0 Å². The molecule has 0 radical (unpaired) electrons. The molecule has 24 heavy (non-hydrogen) atoms. The molecule has 0 atom stereocenters. The van der Waals surface area contributed by atoms with Crippen molar-refractivity contribution in [2.75, 3.05) is 13.2 Å². The second kappa shape index (κ2) is 5.54. The number of hydrogen-bond donors (Lipinski definition) is 1. The average Bonchev–Trinajstić information content (AvgIpc) is 2.88. The van der Waals surface area contributed by atoms with Gasteiger partial charge in [-0.3, -0.25) is 0 Å². The number of aliphatic hydroxyl groups is 1. The van der Waals surface area contributed by atoms with Crippen molar-refractivity contribution in [2.45, 2.75) is 64.4 Å². The van der Waals surface area contributed by atoms with Gasteiger partial charge < -0.3 is 14.6 Å². The summed E-state index contributed by atoms with van der Waals surface area (Å²) in [7, 11) is 0. The largest absolute Gasteiger partial charge is 0.489 e. The van der Waals surface area contributed by atoms with Crippen LogP contribution in [-0.2, 0) is 6.42 Å². The summed E-state index contributed by atoms with van der Waals surface area (Å²) in [6, 6.07) is 3.88. The van der Waals surface area contributed by atoms with E-state index < -0.39 is 0 Å². The van der Waals surface area contributed by atoms with Gasteiger partial charge in [0.25, 0.3) is 0 Å². The van der Waals surface area contributed by atoms with E-state index in [0.29, 0.717) is 11.6 Å². The average molecular weight is 351 g/mol. The first kappa shape index (κ1) is 16.5. The summed E-state index contributed by atoms with van der Waals surface area (Å²) in [5, 5.41) is 10.4. The van der Waals surface area contributed by atoms with Crippen LogP contribution in [0.3, 0.4) is 0 Å². The van der Waals surface area contributed by atoms with E-state index in [1.807, 2.05) is 12.1 Å².